The van der Waals surface area contributed by atoms with Crippen LogP contribution in [0.15, 0.2) is 59.8 Å². The number of aromatic nitrogens is 6. The van der Waals surface area contributed by atoms with E-state index < -0.39 is 11.9 Å². The number of carbonyl (C=O) groups excluding carboxylic acids is 2. The lowest BCUT2D eigenvalue weighted by atomic mass is 10.1. The van der Waals surface area contributed by atoms with Crippen LogP contribution in [0.4, 0.5) is 5.69 Å². The van der Waals surface area contributed by atoms with Crippen molar-refractivity contribution in [3.63, 3.8) is 0 Å². The molecule has 0 aliphatic carbocycles. The molecule has 0 aliphatic heterocycles. The van der Waals surface area contributed by atoms with Crippen LogP contribution >= 0.6 is 0 Å². The van der Waals surface area contributed by atoms with Gasteiger partial charge in [-0.3, -0.25) is 19.0 Å². The monoisotopic (exact) mass is 461 g/mol. The number of aryl methyl sites for hydroxylation is 1. The minimum Gasteiger partial charge on any atom is -0.543 e. The smallest absolute Gasteiger partial charge is 0.267 e. The maximum absolute atomic E-state index is 12.7. The fraction of sp³-hybridized carbons (Fsp3) is 0.182. The maximum atomic E-state index is 12.7. The topological polar surface area (TPSA) is 166 Å². The summed E-state index contributed by atoms with van der Waals surface area (Å²) >= 11 is 0. The second kappa shape index (κ2) is 9.50. The summed E-state index contributed by atoms with van der Waals surface area (Å²) in [6.07, 6.45) is 4.82. The van der Waals surface area contributed by atoms with Crippen LogP contribution in [-0.4, -0.2) is 47.8 Å². The van der Waals surface area contributed by atoms with Crippen LogP contribution in [0.2, 0.25) is 0 Å². The highest BCUT2D eigenvalue weighted by Gasteiger charge is 2.14. The second-order valence-electron chi connectivity index (χ2n) is 7.50. The van der Waals surface area contributed by atoms with Crippen LogP contribution in [0, 0.1) is 0 Å². The number of anilines is 1. The summed E-state index contributed by atoms with van der Waals surface area (Å²) in [4.78, 5) is 36.3. The van der Waals surface area contributed by atoms with Crippen LogP contribution in [-0.2, 0) is 20.1 Å². The zero-order valence-electron chi connectivity index (χ0n) is 18.2. The highest BCUT2D eigenvalue weighted by atomic mass is 16.4. The molecule has 4 aromatic rings. The number of carboxylic acid groups (broad SMARTS) is 1. The van der Waals surface area contributed by atoms with Crippen molar-refractivity contribution in [1.29, 1.82) is 0 Å². The molecule has 0 unspecified atom stereocenters. The maximum Gasteiger partial charge on any atom is 0.267 e. The minimum atomic E-state index is -1.50. The van der Waals surface area contributed by atoms with E-state index in [1.165, 1.54) is 28.7 Å². The molecule has 1 amide bonds. The number of hydrogen-bond acceptors (Lipinski definition) is 8. The molecule has 0 spiro atoms. The Balaban J connectivity index is 1.55. The Labute approximate surface area is 193 Å². The zero-order chi connectivity index (χ0) is 24.2. The third-order valence-corrected chi connectivity index (χ3v) is 4.95. The van der Waals surface area contributed by atoms with Gasteiger partial charge in [0.2, 0.25) is 0 Å². The van der Waals surface area contributed by atoms with E-state index in [2.05, 4.69) is 20.6 Å². The van der Waals surface area contributed by atoms with Gasteiger partial charge >= 0.3 is 0 Å². The Morgan fingerprint density at radius 1 is 1.15 bits per heavy atom. The molecule has 34 heavy (non-hydrogen) atoms. The number of nitrogens with one attached hydrogen (secondary N) is 1. The molecule has 0 saturated heterocycles. The average molecular weight is 461 g/mol. The number of carbonyl (C=O) groups is 2. The first-order chi connectivity index (χ1) is 16.3. The summed E-state index contributed by atoms with van der Waals surface area (Å²) in [7, 11) is 1.53. The standard InChI is InChI=1S/C22H22N8O4/c1-28-13-18(20(27-28)22(33)34)25-21(32)15-4-2-3-14(9-15)11-30-19(31)6-5-17(26-30)16-10-24-29(12-16)8-7-23/h2-6,9-10,12-13H,7-8,11,23H2,1H3,(H,25,32)(H,33,34)/p-1. The first kappa shape index (κ1) is 22.6. The number of nitrogens with zero attached hydrogens (tertiary/aromatic N) is 6. The quantitative estimate of drug-likeness (QED) is 0.353. The van der Waals surface area contributed by atoms with Gasteiger partial charge in [0.15, 0.2) is 0 Å². The van der Waals surface area contributed by atoms with E-state index in [0.717, 1.165) is 5.56 Å². The molecular formula is C22H21N8O4-. The van der Waals surface area contributed by atoms with Gasteiger partial charge in [-0.05, 0) is 23.8 Å². The van der Waals surface area contributed by atoms with E-state index in [-0.39, 0.29) is 29.0 Å². The summed E-state index contributed by atoms with van der Waals surface area (Å²) in [6.45, 7) is 1.15. The third-order valence-electron chi connectivity index (χ3n) is 4.95. The molecule has 4 rings (SSSR count). The fourth-order valence-electron chi connectivity index (χ4n) is 3.38. The van der Waals surface area contributed by atoms with Gasteiger partial charge in [-0.2, -0.15) is 15.3 Å². The van der Waals surface area contributed by atoms with Crippen molar-refractivity contribution >= 4 is 17.6 Å². The van der Waals surface area contributed by atoms with Crippen LogP contribution in [0.1, 0.15) is 26.4 Å². The van der Waals surface area contributed by atoms with Crippen molar-refractivity contribution in [2.24, 2.45) is 12.8 Å². The van der Waals surface area contributed by atoms with Gasteiger partial charge in [-0.1, -0.05) is 12.1 Å². The summed E-state index contributed by atoms with van der Waals surface area (Å²) in [6, 6.07) is 9.64. The lowest BCUT2D eigenvalue weighted by molar-refractivity contribution is -0.255. The molecule has 3 N–H and O–H groups in total. The van der Waals surface area contributed by atoms with Crippen molar-refractivity contribution in [1.82, 2.24) is 29.3 Å². The van der Waals surface area contributed by atoms with Gasteiger partial charge in [0.05, 0.1) is 36.6 Å². The Morgan fingerprint density at radius 3 is 2.74 bits per heavy atom. The largest absolute Gasteiger partial charge is 0.543 e. The average Bonchev–Trinajstić information content (AvgIpc) is 3.42. The van der Waals surface area contributed by atoms with Gasteiger partial charge in [-0.15, -0.1) is 0 Å². The molecule has 12 heteroatoms. The molecule has 3 aromatic heterocycles. The Hall–Kier alpha value is -4.58. The Morgan fingerprint density at radius 2 is 1.97 bits per heavy atom. The number of amides is 1. The number of rotatable bonds is 8. The van der Waals surface area contributed by atoms with Gasteiger partial charge in [-0.25, -0.2) is 4.68 Å². The van der Waals surface area contributed by atoms with Crippen molar-refractivity contribution in [3.8, 4) is 11.3 Å². The van der Waals surface area contributed by atoms with E-state index >= 15 is 0 Å². The summed E-state index contributed by atoms with van der Waals surface area (Å²) in [5.74, 6) is -2.03. The number of carboxylic acids is 1. The van der Waals surface area contributed by atoms with Gasteiger partial charge < -0.3 is 21.0 Å². The first-order valence-corrected chi connectivity index (χ1v) is 10.3. The highest BCUT2D eigenvalue weighted by Crippen LogP contribution is 2.16. The number of aromatic carboxylic acids is 1. The highest BCUT2D eigenvalue weighted by molar-refractivity contribution is 6.06. The van der Waals surface area contributed by atoms with E-state index in [4.69, 9.17) is 5.73 Å². The fourth-order valence-corrected chi connectivity index (χ4v) is 3.38. The lowest BCUT2D eigenvalue weighted by Gasteiger charge is -2.09. The molecule has 3 heterocycles. The Kier molecular flexibility index (Phi) is 6.32. The predicted octanol–water partition coefficient (Wildman–Crippen LogP) is -0.537. The van der Waals surface area contributed by atoms with Gasteiger partial charge in [0.1, 0.15) is 5.69 Å². The molecule has 0 bridgehead atoms. The van der Waals surface area contributed by atoms with Crippen LogP contribution in [0.25, 0.3) is 11.3 Å². The lowest BCUT2D eigenvalue weighted by Crippen LogP contribution is -2.25. The third kappa shape index (κ3) is 4.91. The van der Waals surface area contributed by atoms with E-state index in [1.807, 2.05) is 0 Å². The summed E-state index contributed by atoms with van der Waals surface area (Å²) in [5.41, 5.74) is 7.16. The van der Waals surface area contributed by atoms with Gasteiger partial charge in [0, 0.05) is 43.2 Å². The molecular weight excluding hydrogens is 440 g/mol. The molecule has 174 valence electrons. The van der Waals surface area contributed by atoms with Gasteiger partial charge in [0.25, 0.3) is 11.5 Å². The number of nitrogens with two attached hydrogens (primary N) is 1. The molecule has 0 radical (unpaired) electrons. The van der Waals surface area contributed by atoms with Crippen LogP contribution in [0.3, 0.4) is 0 Å². The second-order valence-corrected chi connectivity index (χ2v) is 7.50. The molecule has 12 nitrogen and oxygen atoms in total. The molecule has 0 saturated carbocycles. The predicted molar refractivity (Wildman–Crippen MR) is 120 cm³/mol. The van der Waals surface area contributed by atoms with E-state index in [9.17, 15) is 19.5 Å². The summed E-state index contributed by atoms with van der Waals surface area (Å²) < 4.78 is 4.26. The SMILES string of the molecule is Cn1cc(NC(=O)c2cccc(Cn3nc(-c4cnn(CCN)c4)ccc3=O)c2)c(C(=O)[O-])n1. The minimum absolute atomic E-state index is 0.0265. The number of hydrogen-bond donors (Lipinski definition) is 2. The van der Waals surface area contributed by atoms with E-state index in [1.54, 1.807) is 47.4 Å². The molecule has 0 fully saturated rings. The Bertz CT molecular complexity index is 1420. The van der Waals surface area contributed by atoms with Crippen molar-refractivity contribution in [3.05, 3.63) is 82.2 Å². The van der Waals surface area contributed by atoms with Crippen molar-refractivity contribution in [2.75, 3.05) is 11.9 Å². The van der Waals surface area contributed by atoms with E-state index in [0.29, 0.717) is 24.3 Å². The normalized spacial score (nSPS) is 10.9. The molecule has 1 aromatic carbocycles. The first-order valence-electron chi connectivity index (χ1n) is 10.3. The zero-order valence-corrected chi connectivity index (χ0v) is 18.2. The van der Waals surface area contributed by atoms with Crippen molar-refractivity contribution < 1.29 is 14.7 Å². The molecule has 0 aliphatic rings. The van der Waals surface area contributed by atoms with Crippen molar-refractivity contribution in [2.45, 2.75) is 13.1 Å². The molecule has 0 atom stereocenters. The number of benzene rings is 1. The van der Waals surface area contributed by atoms with Crippen LogP contribution < -0.4 is 21.7 Å². The van der Waals surface area contributed by atoms with Crippen LogP contribution in [0.5, 0.6) is 0 Å². The summed E-state index contributed by atoms with van der Waals surface area (Å²) in [5, 5.41) is 26.2.